The fraction of sp³-hybridized carbons (Fsp3) is 0.238. The van der Waals surface area contributed by atoms with Crippen LogP contribution in [0.5, 0.6) is 0 Å². The molecular weight excluding hydrogens is 312 g/mol. The van der Waals surface area contributed by atoms with Gasteiger partial charge in [0, 0.05) is 23.7 Å². The van der Waals surface area contributed by atoms with E-state index in [2.05, 4.69) is 6.07 Å². The molecule has 1 aromatic heterocycles. The zero-order chi connectivity index (χ0) is 17.4. The molecule has 0 atom stereocenters. The van der Waals surface area contributed by atoms with E-state index in [0.717, 1.165) is 35.0 Å². The summed E-state index contributed by atoms with van der Waals surface area (Å²) in [7, 11) is 0. The molecule has 1 aliphatic heterocycles. The Hall–Kier alpha value is -2.88. The second-order valence-corrected chi connectivity index (χ2v) is 6.55. The van der Waals surface area contributed by atoms with Gasteiger partial charge in [-0.05, 0) is 43.0 Å². The molecule has 0 saturated heterocycles. The van der Waals surface area contributed by atoms with E-state index >= 15 is 0 Å². The molecule has 0 bridgehead atoms. The average Bonchev–Trinajstić information content (AvgIpc) is 2.64. The predicted octanol–water partition coefficient (Wildman–Crippen LogP) is 3.29. The predicted molar refractivity (Wildman–Crippen MR) is 100 cm³/mol. The number of anilines is 1. The molecule has 2 aromatic carbocycles. The second-order valence-electron chi connectivity index (χ2n) is 6.55. The smallest absolute Gasteiger partial charge is 0.251 e. The zero-order valence-corrected chi connectivity index (χ0v) is 14.2. The molecule has 0 N–H and O–H groups in total. The van der Waals surface area contributed by atoms with Gasteiger partial charge in [-0.2, -0.15) is 0 Å². The molecule has 4 heteroatoms. The van der Waals surface area contributed by atoms with Crippen LogP contribution in [0.3, 0.4) is 0 Å². The maximum absolute atomic E-state index is 13.0. The molecule has 0 unspecified atom stereocenters. The largest absolute Gasteiger partial charge is 0.311 e. The first-order valence-electron chi connectivity index (χ1n) is 8.62. The maximum Gasteiger partial charge on any atom is 0.251 e. The lowest BCUT2D eigenvalue weighted by Gasteiger charge is -2.29. The van der Waals surface area contributed by atoms with Gasteiger partial charge in [0.1, 0.15) is 6.54 Å². The standard InChI is InChI=1S/C21H20N2O2/c1-15-13-20(24)23(19-11-5-3-9-17(15)19)14-21(25)22-12-6-8-16-7-2-4-10-18(16)22/h2-5,7,9-11,13H,6,8,12,14H2,1H3. The number of para-hydroxylation sites is 2. The minimum absolute atomic E-state index is 0.0387. The SMILES string of the molecule is Cc1cc(=O)n(CC(=O)N2CCCc3ccccc32)c2ccccc12. The van der Waals surface area contributed by atoms with Crippen molar-refractivity contribution in [1.82, 2.24) is 4.57 Å². The normalized spacial score (nSPS) is 13.7. The molecule has 1 amide bonds. The summed E-state index contributed by atoms with van der Waals surface area (Å²) >= 11 is 0. The molecule has 1 aliphatic rings. The summed E-state index contributed by atoms with van der Waals surface area (Å²) in [6.07, 6.45) is 1.94. The molecule has 0 saturated carbocycles. The van der Waals surface area contributed by atoms with Crippen molar-refractivity contribution in [3.63, 3.8) is 0 Å². The molecule has 3 aromatic rings. The monoisotopic (exact) mass is 332 g/mol. The summed E-state index contributed by atoms with van der Waals surface area (Å²) in [6, 6.07) is 17.4. The summed E-state index contributed by atoms with van der Waals surface area (Å²) in [5.41, 5.74) is 3.79. The van der Waals surface area contributed by atoms with Crippen molar-refractivity contribution in [3.05, 3.63) is 76.1 Å². The van der Waals surface area contributed by atoms with Crippen LogP contribution in [0.15, 0.2) is 59.4 Å². The van der Waals surface area contributed by atoms with E-state index in [0.29, 0.717) is 6.54 Å². The average molecular weight is 332 g/mol. The van der Waals surface area contributed by atoms with E-state index in [4.69, 9.17) is 0 Å². The number of carbonyl (C=O) groups excluding carboxylic acids is 1. The van der Waals surface area contributed by atoms with Crippen LogP contribution >= 0.6 is 0 Å². The molecule has 2 heterocycles. The van der Waals surface area contributed by atoms with Crippen molar-refractivity contribution in [1.29, 1.82) is 0 Å². The van der Waals surface area contributed by atoms with Gasteiger partial charge in [-0.25, -0.2) is 0 Å². The summed E-state index contributed by atoms with van der Waals surface area (Å²) < 4.78 is 1.59. The quantitative estimate of drug-likeness (QED) is 0.723. The van der Waals surface area contributed by atoms with Gasteiger partial charge < -0.3 is 4.90 Å². The van der Waals surface area contributed by atoms with Gasteiger partial charge in [0.25, 0.3) is 5.56 Å². The molecule has 0 aliphatic carbocycles. The molecule has 4 nitrogen and oxygen atoms in total. The summed E-state index contributed by atoms with van der Waals surface area (Å²) in [5, 5.41) is 1.01. The highest BCUT2D eigenvalue weighted by molar-refractivity contribution is 5.95. The van der Waals surface area contributed by atoms with Crippen LogP contribution in [-0.4, -0.2) is 17.0 Å². The zero-order valence-electron chi connectivity index (χ0n) is 14.2. The Bertz CT molecular complexity index is 1020. The van der Waals surface area contributed by atoms with Crippen molar-refractivity contribution in [3.8, 4) is 0 Å². The van der Waals surface area contributed by atoms with Gasteiger partial charge in [0.15, 0.2) is 0 Å². The number of pyridine rings is 1. The van der Waals surface area contributed by atoms with Crippen LogP contribution in [0.25, 0.3) is 10.9 Å². The number of aryl methyl sites for hydroxylation is 2. The Morgan fingerprint density at radius 3 is 2.72 bits per heavy atom. The fourth-order valence-corrected chi connectivity index (χ4v) is 3.68. The lowest BCUT2D eigenvalue weighted by Crippen LogP contribution is -2.39. The van der Waals surface area contributed by atoms with Gasteiger partial charge in [-0.1, -0.05) is 36.4 Å². The second kappa shape index (κ2) is 6.20. The number of aromatic nitrogens is 1. The molecule has 0 radical (unpaired) electrons. The minimum Gasteiger partial charge on any atom is -0.311 e. The molecular formula is C21H20N2O2. The van der Waals surface area contributed by atoms with Gasteiger partial charge >= 0.3 is 0 Å². The third kappa shape index (κ3) is 2.74. The van der Waals surface area contributed by atoms with Crippen molar-refractivity contribution >= 4 is 22.5 Å². The third-order valence-electron chi connectivity index (χ3n) is 4.93. The van der Waals surface area contributed by atoms with Gasteiger partial charge in [-0.15, -0.1) is 0 Å². The summed E-state index contributed by atoms with van der Waals surface area (Å²) in [5.74, 6) is -0.0387. The van der Waals surface area contributed by atoms with E-state index in [1.54, 1.807) is 10.6 Å². The van der Waals surface area contributed by atoms with Crippen LogP contribution in [0.4, 0.5) is 5.69 Å². The van der Waals surface area contributed by atoms with E-state index in [1.807, 2.05) is 54.3 Å². The number of hydrogen-bond acceptors (Lipinski definition) is 2. The van der Waals surface area contributed by atoms with Crippen molar-refractivity contribution in [2.24, 2.45) is 0 Å². The number of rotatable bonds is 2. The maximum atomic E-state index is 13.0. The number of amides is 1. The van der Waals surface area contributed by atoms with E-state index < -0.39 is 0 Å². The number of benzene rings is 2. The Morgan fingerprint density at radius 2 is 1.84 bits per heavy atom. The molecule has 0 fully saturated rings. The van der Waals surface area contributed by atoms with E-state index in [9.17, 15) is 9.59 Å². The van der Waals surface area contributed by atoms with E-state index in [1.165, 1.54) is 5.56 Å². The lowest BCUT2D eigenvalue weighted by molar-refractivity contribution is -0.119. The van der Waals surface area contributed by atoms with Crippen LogP contribution in [0.1, 0.15) is 17.5 Å². The Morgan fingerprint density at radius 1 is 1.08 bits per heavy atom. The highest BCUT2D eigenvalue weighted by Gasteiger charge is 2.23. The highest BCUT2D eigenvalue weighted by atomic mass is 16.2. The molecule has 4 rings (SSSR count). The Kier molecular flexibility index (Phi) is 3.88. The van der Waals surface area contributed by atoms with Crippen molar-refractivity contribution in [2.75, 3.05) is 11.4 Å². The fourth-order valence-electron chi connectivity index (χ4n) is 3.68. The number of fused-ring (bicyclic) bond motifs is 2. The lowest BCUT2D eigenvalue weighted by atomic mass is 10.0. The number of carbonyl (C=O) groups is 1. The van der Waals surface area contributed by atoms with Gasteiger partial charge in [-0.3, -0.25) is 14.2 Å². The van der Waals surface area contributed by atoms with Crippen LogP contribution in [0.2, 0.25) is 0 Å². The van der Waals surface area contributed by atoms with Crippen LogP contribution in [0, 0.1) is 6.92 Å². The summed E-state index contributed by atoms with van der Waals surface area (Å²) in [6.45, 7) is 2.69. The van der Waals surface area contributed by atoms with E-state index in [-0.39, 0.29) is 18.0 Å². The molecule has 25 heavy (non-hydrogen) atoms. The molecule has 0 spiro atoms. The Balaban J connectivity index is 1.74. The van der Waals surface area contributed by atoms with Gasteiger partial charge in [0.05, 0.1) is 5.52 Å². The van der Waals surface area contributed by atoms with Gasteiger partial charge in [0.2, 0.25) is 5.91 Å². The first kappa shape index (κ1) is 15.6. The van der Waals surface area contributed by atoms with Crippen LogP contribution < -0.4 is 10.5 Å². The topological polar surface area (TPSA) is 42.3 Å². The van der Waals surface area contributed by atoms with Crippen LogP contribution in [-0.2, 0) is 17.8 Å². The third-order valence-corrected chi connectivity index (χ3v) is 4.93. The minimum atomic E-state index is -0.130. The molecule has 126 valence electrons. The first-order chi connectivity index (χ1) is 12.1. The first-order valence-corrected chi connectivity index (χ1v) is 8.62. The summed E-state index contributed by atoms with van der Waals surface area (Å²) in [4.78, 5) is 27.3. The number of hydrogen-bond donors (Lipinski definition) is 0. The van der Waals surface area contributed by atoms with Crippen molar-refractivity contribution < 1.29 is 4.79 Å². The number of nitrogens with zero attached hydrogens (tertiary/aromatic N) is 2. The van der Waals surface area contributed by atoms with Crippen molar-refractivity contribution in [2.45, 2.75) is 26.3 Å². The highest BCUT2D eigenvalue weighted by Crippen LogP contribution is 2.27. The Labute approximate surface area is 146 Å².